The maximum Gasteiger partial charge on any atom is 0.240 e. The van der Waals surface area contributed by atoms with Crippen molar-refractivity contribution in [3.8, 4) is 0 Å². The standard InChI is InChI=1S/C15H15N3O3S2/c19-14-6-10-5-12(3-4-13(10)18-14)23(20,21)16-7-11-8-22-15(17-11)9-1-2-9/h3-5,8-9,16H,1-2,6-7H2,(H,18,19). The molecule has 1 aromatic heterocycles. The van der Waals surface area contributed by atoms with Gasteiger partial charge in [0.25, 0.3) is 0 Å². The summed E-state index contributed by atoms with van der Waals surface area (Å²) >= 11 is 1.59. The number of fused-ring (bicyclic) bond motifs is 1. The molecule has 2 N–H and O–H groups in total. The van der Waals surface area contributed by atoms with Crippen LogP contribution in [0.3, 0.4) is 0 Å². The summed E-state index contributed by atoms with van der Waals surface area (Å²) in [5.41, 5.74) is 2.14. The van der Waals surface area contributed by atoms with Gasteiger partial charge in [-0.2, -0.15) is 0 Å². The number of carbonyl (C=O) groups excluding carboxylic acids is 1. The summed E-state index contributed by atoms with van der Waals surface area (Å²) in [6.45, 7) is 0.180. The number of rotatable bonds is 5. The first-order valence-corrected chi connectivity index (χ1v) is 9.74. The van der Waals surface area contributed by atoms with Crippen molar-refractivity contribution in [2.24, 2.45) is 0 Å². The molecule has 2 aliphatic rings. The van der Waals surface area contributed by atoms with Crippen LogP contribution in [-0.4, -0.2) is 19.3 Å². The number of hydrogen-bond acceptors (Lipinski definition) is 5. The lowest BCUT2D eigenvalue weighted by atomic mass is 10.2. The van der Waals surface area contributed by atoms with Gasteiger partial charge in [-0.15, -0.1) is 11.3 Å². The Morgan fingerprint density at radius 2 is 2.17 bits per heavy atom. The molecule has 0 saturated heterocycles. The average molecular weight is 349 g/mol. The van der Waals surface area contributed by atoms with Crippen LogP contribution in [0.25, 0.3) is 0 Å². The Balaban J connectivity index is 1.49. The van der Waals surface area contributed by atoms with Gasteiger partial charge < -0.3 is 5.32 Å². The number of hydrogen-bond donors (Lipinski definition) is 2. The van der Waals surface area contributed by atoms with E-state index in [1.807, 2.05) is 5.38 Å². The van der Waals surface area contributed by atoms with Crippen molar-refractivity contribution < 1.29 is 13.2 Å². The van der Waals surface area contributed by atoms with E-state index in [0.29, 0.717) is 17.2 Å². The van der Waals surface area contributed by atoms with Crippen LogP contribution < -0.4 is 10.0 Å². The lowest BCUT2D eigenvalue weighted by Crippen LogP contribution is -2.23. The van der Waals surface area contributed by atoms with Crippen molar-refractivity contribution >= 4 is 33.0 Å². The van der Waals surface area contributed by atoms with Gasteiger partial charge in [0, 0.05) is 17.0 Å². The molecule has 23 heavy (non-hydrogen) atoms. The predicted molar refractivity (Wildman–Crippen MR) is 86.9 cm³/mol. The molecule has 1 aromatic carbocycles. The van der Waals surface area contributed by atoms with E-state index in [1.54, 1.807) is 23.5 Å². The minimum atomic E-state index is -3.62. The van der Waals surface area contributed by atoms with Gasteiger partial charge in [-0.25, -0.2) is 18.1 Å². The smallest absolute Gasteiger partial charge is 0.240 e. The van der Waals surface area contributed by atoms with E-state index < -0.39 is 10.0 Å². The summed E-state index contributed by atoms with van der Waals surface area (Å²) in [6.07, 6.45) is 2.58. The number of carbonyl (C=O) groups is 1. The molecule has 2 aromatic rings. The molecule has 1 amide bonds. The molecule has 6 nitrogen and oxygen atoms in total. The molecule has 0 unspecified atom stereocenters. The van der Waals surface area contributed by atoms with Crippen LogP contribution in [0.1, 0.15) is 35.0 Å². The maximum absolute atomic E-state index is 12.4. The monoisotopic (exact) mass is 349 g/mol. The Labute approximate surface area is 138 Å². The third-order valence-corrected chi connectivity index (χ3v) is 6.41. The lowest BCUT2D eigenvalue weighted by Gasteiger charge is -2.07. The van der Waals surface area contributed by atoms with E-state index in [-0.39, 0.29) is 23.8 Å². The second-order valence-electron chi connectivity index (χ2n) is 5.82. The highest BCUT2D eigenvalue weighted by molar-refractivity contribution is 7.89. The summed E-state index contributed by atoms with van der Waals surface area (Å²) in [7, 11) is -3.62. The number of nitrogens with zero attached hydrogens (tertiary/aromatic N) is 1. The van der Waals surface area contributed by atoms with E-state index in [2.05, 4.69) is 15.0 Å². The maximum atomic E-state index is 12.4. The van der Waals surface area contributed by atoms with Gasteiger partial charge in [-0.1, -0.05) is 0 Å². The Morgan fingerprint density at radius 3 is 2.96 bits per heavy atom. The van der Waals surface area contributed by atoms with Crippen molar-refractivity contribution in [1.29, 1.82) is 0 Å². The molecular weight excluding hydrogens is 334 g/mol. The molecule has 1 aliphatic carbocycles. The molecule has 0 spiro atoms. The summed E-state index contributed by atoms with van der Waals surface area (Å²) in [4.78, 5) is 16.0. The van der Waals surface area contributed by atoms with Crippen LogP contribution in [0, 0.1) is 0 Å². The third-order valence-electron chi connectivity index (χ3n) is 3.95. The topological polar surface area (TPSA) is 88.2 Å². The van der Waals surface area contributed by atoms with E-state index in [0.717, 1.165) is 10.7 Å². The molecule has 4 rings (SSSR count). The first kappa shape index (κ1) is 14.8. The van der Waals surface area contributed by atoms with Crippen molar-refractivity contribution in [3.63, 3.8) is 0 Å². The van der Waals surface area contributed by atoms with Crippen molar-refractivity contribution in [1.82, 2.24) is 9.71 Å². The van der Waals surface area contributed by atoms with Crippen LogP contribution in [0.2, 0.25) is 0 Å². The first-order valence-electron chi connectivity index (χ1n) is 7.38. The molecular formula is C15H15N3O3S2. The number of benzene rings is 1. The fourth-order valence-corrected chi connectivity index (χ4v) is 4.59. The molecule has 120 valence electrons. The molecule has 1 aliphatic heterocycles. The highest BCUT2D eigenvalue weighted by Gasteiger charge is 2.27. The minimum Gasteiger partial charge on any atom is -0.326 e. The summed E-state index contributed by atoms with van der Waals surface area (Å²) in [6, 6.07) is 4.68. The van der Waals surface area contributed by atoms with Gasteiger partial charge in [0.15, 0.2) is 0 Å². The summed E-state index contributed by atoms with van der Waals surface area (Å²) in [5.74, 6) is 0.463. The van der Waals surface area contributed by atoms with Crippen molar-refractivity contribution in [3.05, 3.63) is 39.8 Å². The summed E-state index contributed by atoms with van der Waals surface area (Å²) < 4.78 is 27.4. The van der Waals surface area contributed by atoms with Gasteiger partial charge in [-0.3, -0.25) is 4.79 Å². The Kier molecular flexibility index (Phi) is 3.47. The van der Waals surface area contributed by atoms with Crippen LogP contribution in [0.4, 0.5) is 5.69 Å². The van der Waals surface area contributed by atoms with Crippen LogP contribution in [0.15, 0.2) is 28.5 Å². The van der Waals surface area contributed by atoms with Crippen molar-refractivity contribution in [2.75, 3.05) is 5.32 Å². The number of aromatic nitrogens is 1. The van der Waals surface area contributed by atoms with E-state index in [1.165, 1.54) is 18.9 Å². The number of sulfonamides is 1. The fraction of sp³-hybridized carbons (Fsp3) is 0.333. The van der Waals surface area contributed by atoms with Gasteiger partial charge in [-0.05, 0) is 36.6 Å². The van der Waals surface area contributed by atoms with Gasteiger partial charge >= 0.3 is 0 Å². The van der Waals surface area contributed by atoms with Crippen LogP contribution in [0.5, 0.6) is 0 Å². The normalized spacial score (nSPS) is 17.1. The molecule has 1 saturated carbocycles. The zero-order valence-electron chi connectivity index (χ0n) is 12.2. The second kappa shape index (κ2) is 5.40. The second-order valence-corrected chi connectivity index (χ2v) is 8.48. The molecule has 8 heteroatoms. The largest absolute Gasteiger partial charge is 0.326 e. The molecule has 0 bridgehead atoms. The number of anilines is 1. The Bertz CT molecular complexity index is 885. The van der Waals surface area contributed by atoms with E-state index in [4.69, 9.17) is 0 Å². The molecule has 2 heterocycles. The minimum absolute atomic E-state index is 0.113. The predicted octanol–water partition coefficient (Wildman–Crippen LogP) is 1.99. The number of nitrogens with one attached hydrogen (secondary N) is 2. The Hall–Kier alpha value is -1.77. The van der Waals surface area contributed by atoms with Crippen molar-refractivity contribution in [2.45, 2.75) is 36.6 Å². The van der Waals surface area contributed by atoms with E-state index >= 15 is 0 Å². The lowest BCUT2D eigenvalue weighted by molar-refractivity contribution is -0.115. The van der Waals surface area contributed by atoms with Gasteiger partial charge in [0.2, 0.25) is 15.9 Å². The quantitative estimate of drug-likeness (QED) is 0.864. The molecule has 0 radical (unpaired) electrons. The van der Waals surface area contributed by atoms with Gasteiger partial charge in [0.05, 0.1) is 28.6 Å². The zero-order chi connectivity index (χ0) is 16.0. The van der Waals surface area contributed by atoms with Crippen LogP contribution >= 0.6 is 11.3 Å². The fourth-order valence-electron chi connectivity index (χ4n) is 2.55. The highest BCUT2D eigenvalue weighted by atomic mass is 32.2. The summed E-state index contributed by atoms with van der Waals surface area (Å²) in [5, 5.41) is 5.69. The number of thiazole rings is 1. The average Bonchev–Trinajstić information content (AvgIpc) is 3.13. The molecule has 0 atom stereocenters. The molecule has 1 fully saturated rings. The van der Waals surface area contributed by atoms with E-state index in [9.17, 15) is 13.2 Å². The van der Waals surface area contributed by atoms with Gasteiger partial charge in [0.1, 0.15) is 0 Å². The zero-order valence-corrected chi connectivity index (χ0v) is 13.8. The Morgan fingerprint density at radius 1 is 1.35 bits per heavy atom. The highest BCUT2D eigenvalue weighted by Crippen LogP contribution is 2.41. The van der Waals surface area contributed by atoms with Crippen LogP contribution in [-0.2, 0) is 27.8 Å². The first-order chi connectivity index (χ1) is 11.0. The number of amides is 1. The third kappa shape index (κ3) is 3.01. The SMILES string of the molecule is O=C1Cc2cc(S(=O)(=O)NCc3csc(C4CC4)n3)ccc2N1.